The number of aryl methyl sites for hydroxylation is 2. The average molecular weight is 260 g/mol. The van der Waals surface area contributed by atoms with E-state index in [1.165, 1.54) is 5.56 Å². The molecule has 0 spiro atoms. The summed E-state index contributed by atoms with van der Waals surface area (Å²) in [6, 6.07) is 19.8. The number of carbonyl (C=O) groups is 1. The van der Waals surface area contributed by atoms with Crippen molar-refractivity contribution in [2.75, 3.05) is 0 Å². The van der Waals surface area contributed by atoms with Crippen molar-refractivity contribution >= 4 is 16.6 Å². The summed E-state index contributed by atoms with van der Waals surface area (Å²) in [7, 11) is 0. The van der Waals surface area contributed by atoms with Crippen LogP contribution < -0.4 is 0 Å². The highest BCUT2D eigenvalue weighted by atomic mass is 16.1. The van der Waals surface area contributed by atoms with Gasteiger partial charge in [0.2, 0.25) is 0 Å². The molecule has 1 nitrogen and oxygen atoms in total. The second-order valence-corrected chi connectivity index (χ2v) is 5.19. The molecule has 3 rings (SSSR count). The SMILES string of the molecule is Cc1ccc(C(=O)c2ccc3ccccc3c2)cc1C. The van der Waals surface area contributed by atoms with Gasteiger partial charge < -0.3 is 0 Å². The van der Waals surface area contributed by atoms with Crippen LogP contribution in [0.25, 0.3) is 10.8 Å². The van der Waals surface area contributed by atoms with Crippen molar-refractivity contribution < 1.29 is 4.79 Å². The lowest BCUT2D eigenvalue weighted by Gasteiger charge is -2.06. The molecule has 0 unspecified atom stereocenters. The third-order valence-electron chi connectivity index (χ3n) is 3.78. The number of carbonyl (C=O) groups excluding carboxylic acids is 1. The van der Waals surface area contributed by atoms with E-state index in [1.807, 2.05) is 61.5 Å². The molecule has 0 saturated carbocycles. The van der Waals surface area contributed by atoms with Crippen LogP contribution >= 0.6 is 0 Å². The summed E-state index contributed by atoms with van der Waals surface area (Å²) in [6.07, 6.45) is 0. The van der Waals surface area contributed by atoms with Gasteiger partial charge in [0.15, 0.2) is 5.78 Å². The largest absolute Gasteiger partial charge is 0.289 e. The topological polar surface area (TPSA) is 17.1 Å². The van der Waals surface area contributed by atoms with E-state index in [2.05, 4.69) is 13.0 Å². The van der Waals surface area contributed by atoms with Crippen molar-refractivity contribution in [3.63, 3.8) is 0 Å². The molecule has 0 heterocycles. The fraction of sp³-hybridized carbons (Fsp3) is 0.105. The maximum Gasteiger partial charge on any atom is 0.193 e. The van der Waals surface area contributed by atoms with Gasteiger partial charge in [-0.1, -0.05) is 48.5 Å². The van der Waals surface area contributed by atoms with Crippen LogP contribution in [0.15, 0.2) is 60.7 Å². The highest BCUT2D eigenvalue weighted by Crippen LogP contribution is 2.19. The molecule has 3 aromatic rings. The zero-order valence-corrected chi connectivity index (χ0v) is 11.7. The van der Waals surface area contributed by atoms with Crippen molar-refractivity contribution in [1.82, 2.24) is 0 Å². The van der Waals surface area contributed by atoms with Crippen LogP contribution in [0.1, 0.15) is 27.0 Å². The first-order valence-corrected chi connectivity index (χ1v) is 6.76. The van der Waals surface area contributed by atoms with Crippen LogP contribution in [0.4, 0.5) is 0 Å². The number of rotatable bonds is 2. The summed E-state index contributed by atoms with van der Waals surface area (Å²) < 4.78 is 0. The van der Waals surface area contributed by atoms with E-state index in [9.17, 15) is 4.79 Å². The molecule has 1 heteroatoms. The molecule has 0 aliphatic rings. The standard InChI is InChI=1S/C19H16O/c1-13-7-8-17(11-14(13)2)19(20)18-10-9-15-5-3-4-6-16(15)12-18/h3-12H,1-2H3. The van der Waals surface area contributed by atoms with Gasteiger partial charge in [0.05, 0.1) is 0 Å². The summed E-state index contributed by atoms with van der Waals surface area (Å²) in [6.45, 7) is 4.09. The van der Waals surface area contributed by atoms with Gasteiger partial charge in [0.25, 0.3) is 0 Å². The minimum atomic E-state index is 0.0823. The second kappa shape index (κ2) is 4.93. The monoisotopic (exact) mass is 260 g/mol. The molecular weight excluding hydrogens is 244 g/mol. The molecule has 0 bridgehead atoms. The number of fused-ring (bicyclic) bond motifs is 1. The molecule has 20 heavy (non-hydrogen) atoms. The predicted octanol–water partition coefficient (Wildman–Crippen LogP) is 4.69. The van der Waals surface area contributed by atoms with Crippen molar-refractivity contribution in [1.29, 1.82) is 0 Å². The molecule has 0 radical (unpaired) electrons. The minimum Gasteiger partial charge on any atom is -0.289 e. The van der Waals surface area contributed by atoms with Crippen LogP contribution in [0, 0.1) is 13.8 Å². The third kappa shape index (κ3) is 2.23. The quantitative estimate of drug-likeness (QED) is 0.611. The smallest absolute Gasteiger partial charge is 0.193 e. The molecule has 0 saturated heterocycles. The summed E-state index contributed by atoms with van der Waals surface area (Å²) in [4.78, 5) is 12.6. The van der Waals surface area contributed by atoms with E-state index in [0.717, 1.165) is 27.5 Å². The Morgan fingerprint density at radius 2 is 1.35 bits per heavy atom. The lowest BCUT2D eigenvalue weighted by atomic mass is 9.97. The molecule has 0 aliphatic heterocycles. The first-order chi connectivity index (χ1) is 9.65. The summed E-state index contributed by atoms with van der Waals surface area (Å²) in [5.74, 6) is 0.0823. The summed E-state index contributed by atoms with van der Waals surface area (Å²) >= 11 is 0. The second-order valence-electron chi connectivity index (χ2n) is 5.19. The zero-order chi connectivity index (χ0) is 14.1. The summed E-state index contributed by atoms with van der Waals surface area (Å²) in [5.41, 5.74) is 3.85. The van der Waals surface area contributed by atoms with E-state index in [0.29, 0.717) is 0 Å². The Labute approximate surface area is 118 Å². The number of ketones is 1. The minimum absolute atomic E-state index is 0.0823. The number of benzene rings is 3. The first-order valence-electron chi connectivity index (χ1n) is 6.76. The van der Waals surface area contributed by atoms with Crippen molar-refractivity contribution in [3.05, 3.63) is 82.9 Å². The molecule has 0 aromatic heterocycles. The predicted molar refractivity (Wildman–Crippen MR) is 83.3 cm³/mol. The maximum absolute atomic E-state index is 12.6. The third-order valence-corrected chi connectivity index (χ3v) is 3.78. The van der Waals surface area contributed by atoms with Crippen molar-refractivity contribution in [2.45, 2.75) is 13.8 Å². The fourth-order valence-electron chi connectivity index (χ4n) is 2.38. The molecule has 0 N–H and O–H groups in total. The summed E-state index contributed by atoms with van der Waals surface area (Å²) in [5, 5.41) is 2.26. The van der Waals surface area contributed by atoms with Gasteiger partial charge in [-0.3, -0.25) is 4.79 Å². The molecule has 0 aliphatic carbocycles. The Bertz CT molecular complexity index is 800. The van der Waals surface area contributed by atoms with Crippen LogP contribution in [0.2, 0.25) is 0 Å². The van der Waals surface area contributed by atoms with Gasteiger partial charge in [0.1, 0.15) is 0 Å². The number of hydrogen-bond donors (Lipinski definition) is 0. The van der Waals surface area contributed by atoms with E-state index in [-0.39, 0.29) is 5.78 Å². The first kappa shape index (κ1) is 12.6. The van der Waals surface area contributed by atoms with Crippen molar-refractivity contribution in [3.8, 4) is 0 Å². The van der Waals surface area contributed by atoms with E-state index in [4.69, 9.17) is 0 Å². The Morgan fingerprint density at radius 3 is 2.10 bits per heavy atom. The molecule has 3 aromatic carbocycles. The fourth-order valence-corrected chi connectivity index (χ4v) is 2.38. The normalized spacial score (nSPS) is 10.7. The zero-order valence-electron chi connectivity index (χ0n) is 11.7. The van der Waals surface area contributed by atoms with E-state index < -0.39 is 0 Å². The molecule has 0 amide bonds. The van der Waals surface area contributed by atoms with Crippen LogP contribution in [0.5, 0.6) is 0 Å². The Morgan fingerprint density at radius 1 is 0.700 bits per heavy atom. The van der Waals surface area contributed by atoms with Crippen LogP contribution in [-0.2, 0) is 0 Å². The van der Waals surface area contributed by atoms with Crippen LogP contribution in [-0.4, -0.2) is 5.78 Å². The van der Waals surface area contributed by atoms with E-state index >= 15 is 0 Å². The Balaban J connectivity index is 2.05. The maximum atomic E-state index is 12.6. The van der Waals surface area contributed by atoms with Gasteiger partial charge in [-0.2, -0.15) is 0 Å². The van der Waals surface area contributed by atoms with Gasteiger partial charge in [-0.05, 0) is 47.9 Å². The van der Waals surface area contributed by atoms with E-state index in [1.54, 1.807) is 0 Å². The van der Waals surface area contributed by atoms with Gasteiger partial charge >= 0.3 is 0 Å². The van der Waals surface area contributed by atoms with Gasteiger partial charge in [-0.25, -0.2) is 0 Å². The van der Waals surface area contributed by atoms with Gasteiger partial charge in [0, 0.05) is 11.1 Å². The number of hydrogen-bond acceptors (Lipinski definition) is 1. The Kier molecular flexibility index (Phi) is 3.11. The van der Waals surface area contributed by atoms with Crippen LogP contribution in [0.3, 0.4) is 0 Å². The molecule has 98 valence electrons. The highest BCUT2D eigenvalue weighted by molar-refractivity contribution is 6.10. The molecular formula is C19H16O. The Hall–Kier alpha value is -2.41. The lowest BCUT2D eigenvalue weighted by molar-refractivity contribution is 0.103. The lowest BCUT2D eigenvalue weighted by Crippen LogP contribution is -2.02. The highest BCUT2D eigenvalue weighted by Gasteiger charge is 2.10. The average Bonchev–Trinajstić information content (AvgIpc) is 2.49. The molecule has 0 fully saturated rings. The van der Waals surface area contributed by atoms with Gasteiger partial charge in [-0.15, -0.1) is 0 Å². The molecule has 0 atom stereocenters. The van der Waals surface area contributed by atoms with Crippen molar-refractivity contribution in [2.24, 2.45) is 0 Å².